The molecule has 0 aliphatic rings. The Morgan fingerprint density at radius 3 is 2.52 bits per heavy atom. The lowest BCUT2D eigenvalue weighted by Gasteiger charge is -2.05. The summed E-state index contributed by atoms with van der Waals surface area (Å²) in [5, 5.41) is 21.3. The summed E-state index contributed by atoms with van der Waals surface area (Å²) in [7, 11) is -3.46. The van der Waals surface area contributed by atoms with E-state index in [1.807, 2.05) is 6.07 Å². The van der Waals surface area contributed by atoms with Gasteiger partial charge in [0.1, 0.15) is 5.01 Å². The normalized spacial score (nSPS) is 11.5. The highest BCUT2D eigenvalue weighted by molar-refractivity contribution is 7.88. The molecule has 0 bridgehead atoms. The van der Waals surface area contributed by atoms with Crippen molar-refractivity contribution in [3.63, 3.8) is 0 Å². The van der Waals surface area contributed by atoms with E-state index in [1.165, 1.54) is 23.5 Å². The number of aromatic nitrogens is 1. The molecule has 0 unspecified atom stereocenters. The first-order chi connectivity index (χ1) is 11.9. The predicted octanol–water partition coefficient (Wildman–Crippen LogP) is 2.84. The summed E-state index contributed by atoms with van der Waals surface area (Å²) in [5.41, 5.74) is 1.97. The number of hydrogen-bond acceptors (Lipinski definition) is 6. The molecular weight excluding hydrogens is 360 g/mol. The van der Waals surface area contributed by atoms with Gasteiger partial charge in [0.25, 0.3) is 0 Å². The minimum Gasteiger partial charge on any atom is -0.504 e. The van der Waals surface area contributed by atoms with Crippen LogP contribution in [0.4, 0.5) is 0 Å². The molecule has 130 valence electrons. The maximum atomic E-state index is 12.1. The van der Waals surface area contributed by atoms with Gasteiger partial charge in [0.2, 0.25) is 10.0 Å². The number of nitrogens with one attached hydrogen (secondary N) is 1. The molecule has 0 atom stereocenters. The fourth-order valence-electron chi connectivity index (χ4n) is 2.22. The summed E-state index contributed by atoms with van der Waals surface area (Å²) in [6, 6.07) is 13.4. The molecule has 0 aliphatic carbocycles. The van der Waals surface area contributed by atoms with Crippen LogP contribution >= 0.6 is 11.3 Å². The summed E-state index contributed by atoms with van der Waals surface area (Å²) in [6.07, 6.45) is 0. The second kappa shape index (κ2) is 7.22. The number of phenols is 2. The van der Waals surface area contributed by atoms with Crippen molar-refractivity contribution in [2.24, 2.45) is 0 Å². The maximum absolute atomic E-state index is 12.1. The molecule has 0 spiro atoms. The van der Waals surface area contributed by atoms with Gasteiger partial charge in [-0.05, 0) is 23.8 Å². The van der Waals surface area contributed by atoms with Crippen molar-refractivity contribution in [1.29, 1.82) is 0 Å². The van der Waals surface area contributed by atoms with Gasteiger partial charge in [-0.25, -0.2) is 18.1 Å². The van der Waals surface area contributed by atoms with Gasteiger partial charge in [-0.3, -0.25) is 0 Å². The van der Waals surface area contributed by atoms with Gasteiger partial charge in [-0.2, -0.15) is 0 Å². The third-order valence-electron chi connectivity index (χ3n) is 3.47. The number of thiazole rings is 1. The van der Waals surface area contributed by atoms with Crippen LogP contribution in [0.3, 0.4) is 0 Å². The summed E-state index contributed by atoms with van der Waals surface area (Å²) >= 11 is 1.32. The van der Waals surface area contributed by atoms with Crippen LogP contribution in [0.5, 0.6) is 11.5 Å². The quantitative estimate of drug-likeness (QED) is 0.575. The van der Waals surface area contributed by atoms with E-state index in [0.717, 1.165) is 5.56 Å². The Morgan fingerprint density at radius 2 is 1.80 bits per heavy atom. The molecule has 6 nitrogen and oxygen atoms in total. The summed E-state index contributed by atoms with van der Waals surface area (Å²) < 4.78 is 26.8. The van der Waals surface area contributed by atoms with Crippen LogP contribution in [0, 0.1) is 0 Å². The fraction of sp³-hybridized carbons (Fsp3) is 0.118. The molecule has 0 saturated heterocycles. The number of benzene rings is 2. The van der Waals surface area contributed by atoms with Crippen molar-refractivity contribution in [2.45, 2.75) is 12.3 Å². The van der Waals surface area contributed by atoms with E-state index in [1.54, 1.807) is 35.7 Å². The first-order valence-corrected chi connectivity index (χ1v) is 9.94. The van der Waals surface area contributed by atoms with Crippen molar-refractivity contribution in [1.82, 2.24) is 9.71 Å². The molecular formula is C17H16N2O4S2. The highest BCUT2D eigenvalue weighted by atomic mass is 32.2. The Morgan fingerprint density at radius 1 is 1.04 bits per heavy atom. The summed E-state index contributed by atoms with van der Waals surface area (Å²) in [6.45, 7) is 0.101. The van der Waals surface area contributed by atoms with Gasteiger partial charge < -0.3 is 10.2 Å². The number of hydrogen-bond donors (Lipinski definition) is 3. The second-order valence-electron chi connectivity index (χ2n) is 5.40. The second-order valence-corrected chi connectivity index (χ2v) is 8.15. The van der Waals surface area contributed by atoms with Crippen molar-refractivity contribution >= 4 is 21.4 Å². The largest absolute Gasteiger partial charge is 0.504 e. The van der Waals surface area contributed by atoms with Crippen molar-refractivity contribution in [2.75, 3.05) is 0 Å². The van der Waals surface area contributed by atoms with Crippen LogP contribution in [-0.2, 0) is 22.3 Å². The van der Waals surface area contributed by atoms with Crippen LogP contribution in [0.2, 0.25) is 0 Å². The van der Waals surface area contributed by atoms with Gasteiger partial charge in [0.05, 0.1) is 18.0 Å². The topological polar surface area (TPSA) is 99.5 Å². The average Bonchev–Trinajstić information content (AvgIpc) is 3.05. The zero-order chi connectivity index (χ0) is 17.9. The summed E-state index contributed by atoms with van der Waals surface area (Å²) in [5.74, 6) is -0.513. The molecule has 0 fully saturated rings. The van der Waals surface area contributed by atoms with E-state index in [9.17, 15) is 18.6 Å². The molecule has 0 radical (unpaired) electrons. The zero-order valence-electron chi connectivity index (χ0n) is 13.1. The molecule has 0 amide bonds. The third kappa shape index (κ3) is 4.56. The number of phenolic OH excluding ortho intramolecular Hbond substituents is 2. The third-order valence-corrected chi connectivity index (χ3v) is 5.61. The fourth-order valence-corrected chi connectivity index (χ4v) is 4.15. The minimum atomic E-state index is -3.46. The number of aromatic hydroxyl groups is 2. The minimum absolute atomic E-state index is 0.0854. The number of sulfonamides is 1. The van der Waals surface area contributed by atoms with Gasteiger partial charge >= 0.3 is 0 Å². The zero-order valence-corrected chi connectivity index (χ0v) is 14.7. The van der Waals surface area contributed by atoms with E-state index in [0.29, 0.717) is 16.3 Å². The van der Waals surface area contributed by atoms with Crippen LogP contribution in [0.1, 0.15) is 10.6 Å². The van der Waals surface area contributed by atoms with E-state index in [-0.39, 0.29) is 23.8 Å². The smallest absolute Gasteiger partial charge is 0.216 e. The molecule has 3 rings (SSSR count). The lowest BCUT2D eigenvalue weighted by Crippen LogP contribution is -2.24. The van der Waals surface area contributed by atoms with Gasteiger partial charge in [0.15, 0.2) is 11.5 Å². The maximum Gasteiger partial charge on any atom is 0.216 e. The monoisotopic (exact) mass is 376 g/mol. The van der Waals surface area contributed by atoms with E-state index in [2.05, 4.69) is 9.71 Å². The number of rotatable bonds is 6. The molecule has 1 aromatic heterocycles. The van der Waals surface area contributed by atoms with Gasteiger partial charge in [-0.15, -0.1) is 11.3 Å². The molecule has 8 heteroatoms. The SMILES string of the molecule is O=S(=O)(Cc1ccccc1)NCc1nc(-c2ccc(O)c(O)c2)cs1. The van der Waals surface area contributed by atoms with Crippen molar-refractivity contribution in [3.05, 3.63) is 64.5 Å². The first kappa shape index (κ1) is 17.4. The predicted molar refractivity (Wildman–Crippen MR) is 96.8 cm³/mol. The van der Waals surface area contributed by atoms with Crippen LogP contribution in [-0.4, -0.2) is 23.6 Å². The Bertz CT molecular complexity index is 969. The number of nitrogens with zero attached hydrogens (tertiary/aromatic N) is 1. The Kier molecular flexibility index (Phi) is 5.03. The Balaban J connectivity index is 1.66. The molecule has 0 aliphatic heterocycles. The molecule has 3 aromatic rings. The molecule has 25 heavy (non-hydrogen) atoms. The summed E-state index contributed by atoms with van der Waals surface area (Å²) in [4.78, 5) is 4.36. The molecule has 2 aromatic carbocycles. The highest BCUT2D eigenvalue weighted by Crippen LogP contribution is 2.31. The van der Waals surface area contributed by atoms with Gasteiger partial charge in [-0.1, -0.05) is 30.3 Å². The lowest BCUT2D eigenvalue weighted by atomic mass is 10.1. The van der Waals surface area contributed by atoms with Crippen LogP contribution in [0.25, 0.3) is 11.3 Å². The van der Waals surface area contributed by atoms with Crippen molar-refractivity contribution in [3.8, 4) is 22.8 Å². The van der Waals surface area contributed by atoms with Crippen LogP contribution in [0.15, 0.2) is 53.9 Å². The van der Waals surface area contributed by atoms with E-state index < -0.39 is 10.0 Å². The van der Waals surface area contributed by atoms with E-state index >= 15 is 0 Å². The highest BCUT2D eigenvalue weighted by Gasteiger charge is 2.13. The van der Waals surface area contributed by atoms with Crippen LogP contribution < -0.4 is 4.72 Å². The lowest BCUT2D eigenvalue weighted by molar-refractivity contribution is 0.404. The Labute approximate surface area is 149 Å². The molecule has 1 heterocycles. The molecule has 0 saturated carbocycles. The Hall–Kier alpha value is -2.42. The van der Waals surface area contributed by atoms with E-state index in [4.69, 9.17) is 0 Å². The van der Waals surface area contributed by atoms with Crippen molar-refractivity contribution < 1.29 is 18.6 Å². The van der Waals surface area contributed by atoms with Gasteiger partial charge in [0, 0.05) is 10.9 Å². The average molecular weight is 376 g/mol. The molecule has 3 N–H and O–H groups in total. The standard InChI is InChI=1S/C17H16N2O4S2/c20-15-7-6-13(8-16(15)21)14-10-24-17(19-14)9-18-25(22,23)11-12-4-2-1-3-5-12/h1-8,10,18,20-21H,9,11H2. The first-order valence-electron chi connectivity index (χ1n) is 7.41.